The Balaban J connectivity index is 1.66. The number of amides is 1. The van der Waals surface area contributed by atoms with Crippen molar-refractivity contribution in [2.45, 2.75) is 6.61 Å². The molecule has 2 aromatic carbocycles. The third-order valence-electron chi connectivity index (χ3n) is 3.56. The fraction of sp³-hybridized carbons (Fsp3) is 0.0526. The molecule has 26 heavy (non-hydrogen) atoms. The Morgan fingerprint density at radius 1 is 1.12 bits per heavy atom. The molecule has 0 spiro atoms. The van der Waals surface area contributed by atoms with E-state index in [1.165, 1.54) is 0 Å². The molecule has 0 saturated carbocycles. The van der Waals surface area contributed by atoms with E-state index in [0.717, 1.165) is 14.8 Å². The molecule has 0 unspecified atom stereocenters. The van der Waals surface area contributed by atoms with Gasteiger partial charge in [-0.05, 0) is 83.3 Å². The van der Waals surface area contributed by atoms with Crippen LogP contribution in [0.25, 0.3) is 11.3 Å². The second-order valence-corrected chi connectivity index (χ2v) is 7.07. The highest BCUT2D eigenvalue weighted by Gasteiger charge is 2.09. The van der Waals surface area contributed by atoms with Gasteiger partial charge >= 0.3 is 0 Å². The van der Waals surface area contributed by atoms with Crippen molar-refractivity contribution >= 4 is 51.5 Å². The van der Waals surface area contributed by atoms with Crippen molar-refractivity contribution in [3.05, 3.63) is 75.6 Å². The number of aliphatic hydroxyl groups is 1. The van der Waals surface area contributed by atoms with Crippen LogP contribution >= 0.6 is 34.8 Å². The van der Waals surface area contributed by atoms with Gasteiger partial charge in [-0.2, -0.15) is 0 Å². The van der Waals surface area contributed by atoms with Crippen LogP contribution in [0.2, 0.25) is 0 Å². The number of nitrogens with one attached hydrogen (secondary N) is 2. The maximum absolute atomic E-state index is 12.2. The predicted octanol–water partition coefficient (Wildman–Crippen LogP) is 4.17. The molecule has 3 aromatic rings. The quantitative estimate of drug-likeness (QED) is 0.388. The van der Waals surface area contributed by atoms with Gasteiger partial charge in [0, 0.05) is 20.4 Å². The second-order valence-electron chi connectivity index (χ2n) is 5.42. The zero-order chi connectivity index (χ0) is 18.5. The molecule has 0 atom stereocenters. The molecule has 5 nitrogen and oxygen atoms in total. The maximum Gasteiger partial charge on any atom is 0.257 e. The number of hydrogen-bond donors (Lipinski definition) is 3. The molecule has 0 radical (unpaired) electrons. The van der Waals surface area contributed by atoms with Gasteiger partial charge in [0.1, 0.15) is 18.1 Å². The Labute approximate surface area is 169 Å². The fourth-order valence-electron chi connectivity index (χ4n) is 2.31. The number of halogens is 1. The molecule has 0 aliphatic rings. The van der Waals surface area contributed by atoms with Crippen molar-refractivity contribution in [1.82, 2.24) is 5.32 Å². The van der Waals surface area contributed by atoms with Crippen LogP contribution in [0.3, 0.4) is 0 Å². The number of carbonyl (C=O) groups excluding carboxylic acids is 1. The van der Waals surface area contributed by atoms with E-state index in [1.807, 2.05) is 36.4 Å². The third-order valence-corrected chi connectivity index (χ3v) is 4.48. The third kappa shape index (κ3) is 4.69. The average molecular weight is 478 g/mol. The van der Waals surface area contributed by atoms with Crippen LogP contribution < -0.4 is 10.6 Å². The summed E-state index contributed by atoms with van der Waals surface area (Å²) in [4.78, 5) is 12.2. The molecule has 3 N–H and O–H groups in total. The fourth-order valence-corrected chi connectivity index (χ4v) is 2.88. The topological polar surface area (TPSA) is 74.5 Å². The summed E-state index contributed by atoms with van der Waals surface area (Å²) in [6.07, 6.45) is 0. The van der Waals surface area contributed by atoms with E-state index in [9.17, 15) is 4.79 Å². The number of thiocarbonyl (C=S) groups is 1. The zero-order valence-corrected chi connectivity index (χ0v) is 16.5. The van der Waals surface area contributed by atoms with Gasteiger partial charge in [-0.25, -0.2) is 0 Å². The van der Waals surface area contributed by atoms with E-state index in [2.05, 4.69) is 33.2 Å². The number of carbonyl (C=O) groups is 1. The first kappa shape index (κ1) is 18.6. The summed E-state index contributed by atoms with van der Waals surface area (Å²) in [6.45, 7) is -0.146. The molecule has 1 amide bonds. The Bertz CT molecular complexity index is 938. The molecular weight excluding hydrogens is 463 g/mol. The molecule has 0 bridgehead atoms. The highest BCUT2D eigenvalue weighted by atomic mass is 127. The predicted molar refractivity (Wildman–Crippen MR) is 113 cm³/mol. The first-order valence-electron chi connectivity index (χ1n) is 7.73. The first-order chi connectivity index (χ1) is 12.5. The first-order valence-corrected chi connectivity index (χ1v) is 9.22. The lowest BCUT2D eigenvalue weighted by Crippen LogP contribution is -2.34. The summed E-state index contributed by atoms with van der Waals surface area (Å²) >= 11 is 7.40. The summed E-state index contributed by atoms with van der Waals surface area (Å²) in [5.74, 6) is 0.874. The van der Waals surface area contributed by atoms with Gasteiger partial charge in [-0.3, -0.25) is 10.1 Å². The zero-order valence-electron chi connectivity index (χ0n) is 13.5. The Hall–Kier alpha value is -2.23. The summed E-state index contributed by atoms with van der Waals surface area (Å²) < 4.78 is 6.58. The summed E-state index contributed by atoms with van der Waals surface area (Å²) in [5, 5.41) is 15.0. The molecular formula is C19H15IN2O3S. The summed E-state index contributed by atoms with van der Waals surface area (Å²) in [7, 11) is 0. The van der Waals surface area contributed by atoms with E-state index in [-0.39, 0.29) is 17.6 Å². The SMILES string of the molecule is O=C(NC(=S)Nc1cccc(-c2ccc(CO)o2)c1)c1ccc(I)cc1. The highest BCUT2D eigenvalue weighted by molar-refractivity contribution is 14.1. The Kier molecular flexibility index (Phi) is 6.02. The van der Waals surface area contributed by atoms with Gasteiger partial charge in [0.2, 0.25) is 0 Å². The number of anilines is 1. The molecule has 1 aromatic heterocycles. The minimum atomic E-state index is -0.270. The van der Waals surface area contributed by atoms with Crippen LogP contribution in [-0.2, 0) is 6.61 Å². The molecule has 0 fully saturated rings. The van der Waals surface area contributed by atoms with E-state index >= 15 is 0 Å². The lowest BCUT2D eigenvalue weighted by Gasteiger charge is -2.10. The van der Waals surface area contributed by atoms with Crippen LogP contribution in [-0.4, -0.2) is 16.1 Å². The van der Waals surface area contributed by atoms with E-state index in [1.54, 1.807) is 24.3 Å². The molecule has 0 saturated heterocycles. The largest absolute Gasteiger partial charge is 0.459 e. The van der Waals surface area contributed by atoms with Crippen molar-refractivity contribution in [3.63, 3.8) is 0 Å². The van der Waals surface area contributed by atoms with Crippen LogP contribution in [0, 0.1) is 3.57 Å². The van der Waals surface area contributed by atoms with Gasteiger partial charge in [-0.1, -0.05) is 12.1 Å². The van der Waals surface area contributed by atoms with E-state index in [4.69, 9.17) is 21.7 Å². The maximum atomic E-state index is 12.2. The monoisotopic (exact) mass is 478 g/mol. The highest BCUT2D eigenvalue weighted by Crippen LogP contribution is 2.24. The minimum absolute atomic E-state index is 0.146. The van der Waals surface area contributed by atoms with Crippen molar-refractivity contribution in [1.29, 1.82) is 0 Å². The molecule has 132 valence electrons. The number of hydrogen-bond acceptors (Lipinski definition) is 4. The van der Waals surface area contributed by atoms with Crippen molar-refractivity contribution in [2.75, 3.05) is 5.32 Å². The van der Waals surface area contributed by atoms with E-state index in [0.29, 0.717) is 17.1 Å². The van der Waals surface area contributed by atoms with Crippen molar-refractivity contribution < 1.29 is 14.3 Å². The van der Waals surface area contributed by atoms with Gasteiger partial charge in [0.05, 0.1) is 0 Å². The lowest BCUT2D eigenvalue weighted by atomic mass is 10.1. The van der Waals surface area contributed by atoms with Crippen LogP contribution in [0.5, 0.6) is 0 Å². The molecule has 0 aliphatic carbocycles. The average Bonchev–Trinajstić information content (AvgIpc) is 3.11. The molecule has 3 rings (SSSR count). The Morgan fingerprint density at radius 2 is 1.88 bits per heavy atom. The van der Waals surface area contributed by atoms with Gasteiger partial charge < -0.3 is 14.8 Å². The van der Waals surface area contributed by atoms with Crippen LogP contribution in [0.1, 0.15) is 16.1 Å². The Morgan fingerprint density at radius 3 is 2.58 bits per heavy atom. The number of benzene rings is 2. The van der Waals surface area contributed by atoms with Crippen LogP contribution in [0.4, 0.5) is 5.69 Å². The molecule has 0 aliphatic heterocycles. The standard InChI is InChI=1S/C19H15IN2O3S/c20-14-6-4-12(5-7-14)18(24)22-19(26)21-15-3-1-2-13(10-15)17-9-8-16(11-23)25-17/h1-10,23H,11H2,(H2,21,22,24,26). The van der Waals surface area contributed by atoms with Gasteiger partial charge in [0.15, 0.2) is 5.11 Å². The normalized spacial score (nSPS) is 10.4. The smallest absolute Gasteiger partial charge is 0.257 e. The summed E-state index contributed by atoms with van der Waals surface area (Å²) in [5.41, 5.74) is 2.09. The number of furan rings is 1. The van der Waals surface area contributed by atoms with Crippen molar-refractivity contribution in [2.24, 2.45) is 0 Å². The van der Waals surface area contributed by atoms with E-state index < -0.39 is 0 Å². The minimum Gasteiger partial charge on any atom is -0.459 e. The second kappa shape index (κ2) is 8.43. The van der Waals surface area contributed by atoms with Crippen molar-refractivity contribution in [3.8, 4) is 11.3 Å². The molecule has 1 heterocycles. The number of rotatable bonds is 4. The molecule has 7 heteroatoms. The van der Waals surface area contributed by atoms with Crippen LogP contribution in [0.15, 0.2) is 65.1 Å². The van der Waals surface area contributed by atoms with Gasteiger partial charge in [-0.15, -0.1) is 0 Å². The number of aliphatic hydroxyl groups excluding tert-OH is 1. The lowest BCUT2D eigenvalue weighted by molar-refractivity contribution is 0.0977. The summed E-state index contributed by atoms with van der Waals surface area (Å²) in [6, 6.07) is 18.2. The van der Waals surface area contributed by atoms with Gasteiger partial charge in [0.25, 0.3) is 5.91 Å².